The molecule has 0 saturated carbocycles. The molecular formula is C10H11FN2O. The summed E-state index contributed by atoms with van der Waals surface area (Å²) in [6.07, 6.45) is 1.15. The van der Waals surface area contributed by atoms with Gasteiger partial charge in [0.25, 0.3) is 0 Å². The first-order chi connectivity index (χ1) is 6.70. The third-order valence-corrected chi connectivity index (χ3v) is 2.36. The number of benzene rings is 1. The van der Waals surface area contributed by atoms with E-state index in [-0.39, 0.29) is 11.7 Å². The van der Waals surface area contributed by atoms with Crippen LogP contribution in [0.2, 0.25) is 0 Å². The Morgan fingerprint density at radius 2 is 2.21 bits per heavy atom. The van der Waals surface area contributed by atoms with Gasteiger partial charge in [0.2, 0.25) is 5.91 Å². The summed E-state index contributed by atoms with van der Waals surface area (Å²) in [4.78, 5) is 11.0. The molecule has 0 unspecified atom stereocenters. The normalized spacial score (nSPS) is 14.6. The third-order valence-electron chi connectivity index (χ3n) is 2.36. The standard InChI is InChI=1S/C10H11FN2O/c1-12-9-4-6-2-3-10(14)13-8(6)5-7(9)11/h4-5,12H,2-3H2,1H3,(H,13,14). The maximum Gasteiger partial charge on any atom is 0.224 e. The van der Waals surface area contributed by atoms with Gasteiger partial charge in [0, 0.05) is 19.2 Å². The number of halogens is 1. The van der Waals surface area contributed by atoms with Crippen LogP contribution in [-0.2, 0) is 11.2 Å². The van der Waals surface area contributed by atoms with Crippen molar-refractivity contribution in [2.75, 3.05) is 17.7 Å². The van der Waals surface area contributed by atoms with Crippen LogP contribution in [0.15, 0.2) is 12.1 Å². The first-order valence-corrected chi connectivity index (χ1v) is 4.50. The van der Waals surface area contributed by atoms with Gasteiger partial charge in [0.05, 0.1) is 5.69 Å². The Bertz CT molecular complexity index is 390. The monoisotopic (exact) mass is 194 g/mol. The summed E-state index contributed by atoms with van der Waals surface area (Å²) in [6.45, 7) is 0. The molecule has 0 spiro atoms. The van der Waals surface area contributed by atoms with Crippen LogP contribution in [0.4, 0.5) is 15.8 Å². The van der Waals surface area contributed by atoms with Gasteiger partial charge in [-0.3, -0.25) is 4.79 Å². The Morgan fingerprint density at radius 3 is 2.93 bits per heavy atom. The number of aryl methyl sites for hydroxylation is 1. The van der Waals surface area contributed by atoms with Gasteiger partial charge in [-0.25, -0.2) is 4.39 Å². The number of carbonyl (C=O) groups is 1. The molecule has 14 heavy (non-hydrogen) atoms. The van der Waals surface area contributed by atoms with Crippen molar-refractivity contribution in [2.45, 2.75) is 12.8 Å². The minimum absolute atomic E-state index is 0.0471. The van der Waals surface area contributed by atoms with E-state index in [0.29, 0.717) is 24.2 Å². The molecule has 0 fully saturated rings. The molecular weight excluding hydrogens is 183 g/mol. The molecule has 74 valence electrons. The highest BCUT2D eigenvalue weighted by Crippen LogP contribution is 2.27. The molecule has 1 aromatic carbocycles. The molecule has 0 radical (unpaired) electrons. The lowest BCUT2D eigenvalue weighted by atomic mass is 10.0. The fourth-order valence-corrected chi connectivity index (χ4v) is 1.59. The van der Waals surface area contributed by atoms with E-state index < -0.39 is 0 Å². The Balaban J connectivity index is 2.45. The molecule has 2 N–H and O–H groups in total. The molecule has 1 aliphatic heterocycles. The Labute approximate surface area is 81.3 Å². The Morgan fingerprint density at radius 1 is 1.43 bits per heavy atom. The number of hydrogen-bond donors (Lipinski definition) is 2. The van der Waals surface area contributed by atoms with E-state index in [1.807, 2.05) is 0 Å². The van der Waals surface area contributed by atoms with Gasteiger partial charge in [-0.2, -0.15) is 0 Å². The molecule has 0 atom stereocenters. The summed E-state index contributed by atoms with van der Waals surface area (Å²) in [7, 11) is 1.67. The lowest BCUT2D eigenvalue weighted by Gasteiger charge is -2.18. The van der Waals surface area contributed by atoms with Gasteiger partial charge in [-0.1, -0.05) is 0 Å². The number of nitrogens with one attached hydrogen (secondary N) is 2. The van der Waals surface area contributed by atoms with E-state index in [1.165, 1.54) is 6.07 Å². The number of amides is 1. The number of fused-ring (bicyclic) bond motifs is 1. The van der Waals surface area contributed by atoms with Gasteiger partial charge in [-0.15, -0.1) is 0 Å². The van der Waals surface area contributed by atoms with Crippen molar-refractivity contribution in [1.82, 2.24) is 0 Å². The average molecular weight is 194 g/mol. The molecule has 0 aromatic heterocycles. The highest BCUT2D eigenvalue weighted by atomic mass is 19.1. The SMILES string of the molecule is CNc1cc2c(cc1F)NC(=O)CC2. The summed E-state index contributed by atoms with van der Waals surface area (Å²) in [5.74, 6) is -0.387. The van der Waals surface area contributed by atoms with E-state index in [4.69, 9.17) is 0 Å². The van der Waals surface area contributed by atoms with Crippen LogP contribution in [0.3, 0.4) is 0 Å². The maximum atomic E-state index is 13.3. The predicted molar refractivity (Wildman–Crippen MR) is 52.9 cm³/mol. The molecule has 1 aliphatic rings. The molecule has 1 heterocycles. The number of hydrogen-bond acceptors (Lipinski definition) is 2. The van der Waals surface area contributed by atoms with Crippen LogP contribution in [0, 0.1) is 5.82 Å². The molecule has 4 heteroatoms. The summed E-state index contributed by atoms with van der Waals surface area (Å²) in [5, 5.41) is 5.41. The van der Waals surface area contributed by atoms with Crippen molar-refractivity contribution in [3.8, 4) is 0 Å². The van der Waals surface area contributed by atoms with Crippen LogP contribution in [-0.4, -0.2) is 13.0 Å². The van der Waals surface area contributed by atoms with Crippen molar-refractivity contribution in [2.24, 2.45) is 0 Å². The second-order valence-electron chi connectivity index (χ2n) is 3.29. The molecule has 0 saturated heterocycles. The Kier molecular flexibility index (Phi) is 2.11. The van der Waals surface area contributed by atoms with E-state index in [1.54, 1.807) is 13.1 Å². The van der Waals surface area contributed by atoms with Gasteiger partial charge in [0.1, 0.15) is 5.82 Å². The molecule has 1 aromatic rings. The first-order valence-electron chi connectivity index (χ1n) is 4.50. The fourth-order valence-electron chi connectivity index (χ4n) is 1.59. The quantitative estimate of drug-likeness (QED) is 0.715. The fraction of sp³-hybridized carbons (Fsp3) is 0.300. The molecule has 0 bridgehead atoms. The molecule has 0 aliphatic carbocycles. The van der Waals surface area contributed by atoms with Crippen LogP contribution >= 0.6 is 0 Å². The summed E-state index contributed by atoms with van der Waals surface area (Å²) >= 11 is 0. The second kappa shape index (κ2) is 3.29. The predicted octanol–water partition coefficient (Wildman–Crippen LogP) is 1.75. The largest absolute Gasteiger partial charge is 0.386 e. The minimum Gasteiger partial charge on any atom is -0.386 e. The van der Waals surface area contributed by atoms with Gasteiger partial charge < -0.3 is 10.6 Å². The zero-order valence-electron chi connectivity index (χ0n) is 7.86. The van der Waals surface area contributed by atoms with Crippen molar-refractivity contribution in [1.29, 1.82) is 0 Å². The van der Waals surface area contributed by atoms with Crippen LogP contribution in [0.5, 0.6) is 0 Å². The highest BCUT2D eigenvalue weighted by Gasteiger charge is 2.16. The van der Waals surface area contributed by atoms with Crippen molar-refractivity contribution < 1.29 is 9.18 Å². The summed E-state index contributed by atoms with van der Waals surface area (Å²) in [5.41, 5.74) is 2.05. The zero-order valence-corrected chi connectivity index (χ0v) is 7.86. The highest BCUT2D eigenvalue weighted by molar-refractivity contribution is 5.94. The molecule has 2 rings (SSSR count). The molecule has 3 nitrogen and oxygen atoms in total. The van der Waals surface area contributed by atoms with Crippen molar-refractivity contribution in [3.63, 3.8) is 0 Å². The summed E-state index contributed by atoms with van der Waals surface area (Å²) in [6, 6.07) is 3.10. The average Bonchev–Trinajstić information content (AvgIpc) is 2.16. The van der Waals surface area contributed by atoms with Crippen molar-refractivity contribution >= 4 is 17.3 Å². The van der Waals surface area contributed by atoms with E-state index in [9.17, 15) is 9.18 Å². The minimum atomic E-state index is -0.339. The second-order valence-corrected chi connectivity index (χ2v) is 3.29. The van der Waals surface area contributed by atoms with Crippen LogP contribution in [0.25, 0.3) is 0 Å². The third kappa shape index (κ3) is 1.43. The molecule has 1 amide bonds. The van der Waals surface area contributed by atoms with E-state index >= 15 is 0 Å². The van der Waals surface area contributed by atoms with Gasteiger partial charge in [0.15, 0.2) is 0 Å². The lowest BCUT2D eigenvalue weighted by molar-refractivity contribution is -0.116. The van der Waals surface area contributed by atoms with Gasteiger partial charge >= 0.3 is 0 Å². The maximum absolute atomic E-state index is 13.3. The number of rotatable bonds is 1. The number of anilines is 2. The topological polar surface area (TPSA) is 41.1 Å². The zero-order chi connectivity index (χ0) is 10.1. The van der Waals surface area contributed by atoms with Crippen LogP contribution < -0.4 is 10.6 Å². The van der Waals surface area contributed by atoms with E-state index in [2.05, 4.69) is 10.6 Å². The van der Waals surface area contributed by atoms with Gasteiger partial charge in [-0.05, 0) is 24.1 Å². The first kappa shape index (κ1) is 8.99. The Hall–Kier alpha value is -1.58. The summed E-state index contributed by atoms with van der Waals surface area (Å²) < 4.78 is 13.3. The smallest absolute Gasteiger partial charge is 0.224 e. The van der Waals surface area contributed by atoms with Crippen molar-refractivity contribution in [3.05, 3.63) is 23.5 Å². The number of carbonyl (C=O) groups excluding carboxylic acids is 1. The van der Waals surface area contributed by atoms with Crippen LogP contribution in [0.1, 0.15) is 12.0 Å². The lowest BCUT2D eigenvalue weighted by Crippen LogP contribution is -2.19. The van der Waals surface area contributed by atoms with E-state index in [0.717, 1.165) is 5.56 Å².